The molecule has 29 heavy (non-hydrogen) atoms. The lowest BCUT2D eigenvalue weighted by atomic mass is 9.94. The minimum Gasteiger partial charge on any atom is -0.366 e. The molecule has 1 amide bonds. The van der Waals surface area contributed by atoms with Crippen molar-refractivity contribution >= 4 is 29.1 Å². The van der Waals surface area contributed by atoms with Crippen LogP contribution in [0.5, 0.6) is 0 Å². The summed E-state index contributed by atoms with van der Waals surface area (Å²) in [6.07, 6.45) is 0. The maximum atomic E-state index is 12.2. The number of hydrogen-bond acceptors (Lipinski definition) is 6. The number of nitrogens with one attached hydrogen (secondary N) is 1. The summed E-state index contributed by atoms with van der Waals surface area (Å²) in [7, 11) is 0. The molecule has 1 aliphatic heterocycles. The van der Waals surface area contributed by atoms with Gasteiger partial charge < -0.3 is 11.1 Å². The SMILES string of the molecule is CC1=C(C(N)=O)C(c2ccccc2[N+](=O)[O-])n2nc(-c3ccccc3Cl)nc2N1. The minimum absolute atomic E-state index is 0.147. The van der Waals surface area contributed by atoms with Gasteiger partial charge >= 0.3 is 0 Å². The third-order valence-electron chi connectivity index (χ3n) is 4.66. The molecule has 0 fully saturated rings. The number of carbonyl (C=O) groups is 1. The highest BCUT2D eigenvalue weighted by atomic mass is 35.5. The molecule has 3 N–H and O–H groups in total. The number of nitrogens with two attached hydrogens (primary N) is 1. The molecule has 2 aromatic carbocycles. The van der Waals surface area contributed by atoms with Gasteiger partial charge in [0.15, 0.2) is 5.82 Å². The lowest BCUT2D eigenvalue weighted by molar-refractivity contribution is -0.385. The number of nitro benzene ring substituents is 1. The zero-order valence-corrected chi connectivity index (χ0v) is 15.9. The molecule has 0 saturated carbocycles. The molecule has 0 bridgehead atoms. The molecule has 2 heterocycles. The van der Waals surface area contributed by atoms with Gasteiger partial charge in [0.1, 0.15) is 6.04 Å². The number of fused-ring (bicyclic) bond motifs is 1. The van der Waals surface area contributed by atoms with E-state index in [1.54, 1.807) is 49.4 Å². The van der Waals surface area contributed by atoms with E-state index in [0.29, 0.717) is 28.1 Å². The Balaban J connectivity index is 1.96. The van der Waals surface area contributed by atoms with E-state index in [-0.39, 0.29) is 16.8 Å². The number of hydrogen-bond donors (Lipinski definition) is 2. The van der Waals surface area contributed by atoms with Crippen molar-refractivity contribution in [3.05, 3.63) is 80.5 Å². The maximum absolute atomic E-state index is 12.2. The second-order valence-corrected chi connectivity index (χ2v) is 6.84. The Kier molecular flexibility index (Phi) is 4.51. The highest BCUT2D eigenvalue weighted by Crippen LogP contribution is 2.39. The third kappa shape index (κ3) is 3.11. The van der Waals surface area contributed by atoms with Gasteiger partial charge in [0.05, 0.1) is 21.1 Å². The van der Waals surface area contributed by atoms with Crippen molar-refractivity contribution < 1.29 is 9.72 Å². The Labute approximate surface area is 170 Å². The van der Waals surface area contributed by atoms with Gasteiger partial charge in [-0.1, -0.05) is 35.9 Å². The van der Waals surface area contributed by atoms with Gasteiger partial charge in [-0.3, -0.25) is 14.9 Å². The van der Waals surface area contributed by atoms with Crippen LogP contribution in [-0.4, -0.2) is 25.6 Å². The number of nitro groups is 1. The quantitative estimate of drug-likeness (QED) is 0.501. The maximum Gasteiger partial charge on any atom is 0.275 e. The lowest BCUT2D eigenvalue weighted by Gasteiger charge is -2.27. The summed E-state index contributed by atoms with van der Waals surface area (Å²) >= 11 is 6.27. The van der Waals surface area contributed by atoms with Crippen molar-refractivity contribution in [3.63, 3.8) is 0 Å². The van der Waals surface area contributed by atoms with Crippen LogP contribution >= 0.6 is 11.6 Å². The van der Waals surface area contributed by atoms with E-state index in [0.717, 1.165) is 0 Å². The van der Waals surface area contributed by atoms with Crippen molar-refractivity contribution in [1.82, 2.24) is 14.8 Å². The van der Waals surface area contributed by atoms with Crippen molar-refractivity contribution in [3.8, 4) is 11.4 Å². The number of rotatable bonds is 4. The van der Waals surface area contributed by atoms with Crippen molar-refractivity contribution in [1.29, 1.82) is 0 Å². The van der Waals surface area contributed by atoms with E-state index < -0.39 is 16.9 Å². The van der Waals surface area contributed by atoms with Crippen LogP contribution in [0.1, 0.15) is 18.5 Å². The zero-order valence-electron chi connectivity index (χ0n) is 15.2. The smallest absolute Gasteiger partial charge is 0.275 e. The monoisotopic (exact) mass is 410 g/mol. The third-order valence-corrected chi connectivity index (χ3v) is 4.99. The van der Waals surface area contributed by atoms with Gasteiger partial charge in [-0.25, -0.2) is 4.68 Å². The highest BCUT2D eigenvalue weighted by Gasteiger charge is 2.37. The Morgan fingerprint density at radius 3 is 2.62 bits per heavy atom. The first kappa shape index (κ1) is 18.6. The standard InChI is InChI=1S/C19H15ClN6O3/c1-10-15(17(21)27)16(12-7-3-5-9-14(12)26(28)29)25-19(22-10)23-18(24-25)11-6-2-4-8-13(11)20/h2-9,16H,1H3,(H2,21,27)(H,22,23,24). The Morgan fingerprint density at radius 1 is 1.24 bits per heavy atom. The summed E-state index contributed by atoms with van der Waals surface area (Å²) < 4.78 is 1.42. The van der Waals surface area contributed by atoms with Gasteiger partial charge in [0, 0.05) is 17.3 Å². The second kappa shape index (κ2) is 7.02. The minimum atomic E-state index is -0.908. The number of nitrogens with zero attached hydrogens (tertiary/aromatic N) is 4. The molecule has 10 heteroatoms. The summed E-state index contributed by atoms with van der Waals surface area (Å²) in [6, 6.07) is 12.3. The molecule has 1 aliphatic rings. The number of carbonyl (C=O) groups excluding carboxylic acids is 1. The lowest BCUT2D eigenvalue weighted by Crippen LogP contribution is -2.32. The van der Waals surface area contributed by atoms with Crippen LogP contribution in [0.2, 0.25) is 5.02 Å². The van der Waals surface area contributed by atoms with Crippen LogP contribution < -0.4 is 11.1 Å². The summed E-state index contributed by atoms with van der Waals surface area (Å²) in [5.41, 5.74) is 6.97. The average Bonchev–Trinajstić information content (AvgIpc) is 3.10. The normalized spacial score (nSPS) is 15.6. The number of benzene rings is 2. The zero-order chi connectivity index (χ0) is 20.7. The van der Waals surface area contributed by atoms with Gasteiger partial charge in [-0.15, -0.1) is 5.10 Å². The molecule has 4 rings (SSSR count). The molecular formula is C19H15ClN6O3. The number of halogens is 1. The van der Waals surface area contributed by atoms with Gasteiger partial charge in [0.25, 0.3) is 5.69 Å². The first-order valence-corrected chi connectivity index (χ1v) is 8.98. The number of allylic oxidation sites excluding steroid dienone is 1. The molecule has 1 aromatic heterocycles. The van der Waals surface area contributed by atoms with E-state index in [2.05, 4.69) is 15.4 Å². The van der Waals surface area contributed by atoms with E-state index >= 15 is 0 Å². The first-order valence-electron chi connectivity index (χ1n) is 8.61. The van der Waals surface area contributed by atoms with Crippen LogP contribution in [0.15, 0.2) is 59.8 Å². The molecule has 9 nitrogen and oxygen atoms in total. The molecule has 1 atom stereocenters. The molecule has 0 aliphatic carbocycles. The predicted octanol–water partition coefficient (Wildman–Crippen LogP) is 3.28. The predicted molar refractivity (Wildman–Crippen MR) is 107 cm³/mol. The molecule has 0 radical (unpaired) electrons. The Hall–Kier alpha value is -3.72. The van der Waals surface area contributed by atoms with E-state index in [1.165, 1.54) is 10.7 Å². The van der Waals surface area contributed by atoms with Crippen molar-refractivity contribution in [2.24, 2.45) is 5.73 Å². The molecule has 1 unspecified atom stereocenters. The van der Waals surface area contributed by atoms with Crippen LogP contribution in [-0.2, 0) is 4.79 Å². The first-order chi connectivity index (χ1) is 13.9. The number of para-hydroxylation sites is 1. The summed E-state index contributed by atoms with van der Waals surface area (Å²) in [5, 5.41) is 19.6. The van der Waals surface area contributed by atoms with E-state index in [1.807, 2.05) is 0 Å². The summed E-state index contributed by atoms with van der Waals surface area (Å²) in [4.78, 5) is 27.8. The summed E-state index contributed by atoms with van der Waals surface area (Å²) in [5.74, 6) is -0.0654. The van der Waals surface area contributed by atoms with Crippen LogP contribution in [0.3, 0.4) is 0 Å². The van der Waals surface area contributed by atoms with Crippen LogP contribution in [0, 0.1) is 10.1 Å². The van der Waals surface area contributed by atoms with Gasteiger partial charge in [-0.2, -0.15) is 4.98 Å². The van der Waals surface area contributed by atoms with Gasteiger partial charge in [0.2, 0.25) is 11.9 Å². The number of anilines is 1. The molecule has 0 spiro atoms. The number of amides is 1. The van der Waals surface area contributed by atoms with Crippen LogP contribution in [0.4, 0.5) is 11.6 Å². The Morgan fingerprint density at radius 2 is 1.93 bits per heavy atom. The van der Waals surface area contributed by atoms with E-state index in [4.69, 9.17) is 17.3 Å². The highest BCUT2D eigenvalue weighted by molar-refractivity contribution is 6.33. The largest absolute Gasteiger partial charge is 0.366 e. The number of primary amides is 1. The summed E-state index contributed by atoms with van der Waals surface area (Å²) in [6.45, 7) is 1.66. The van der Waals surface area contributed by atoms with Crippen LogP contribution in [0.25, 0.3) is 11.4 Å². The molecule has 3 aromatic rings. The van der Waals surface area contributed by atoms with Crippen molar-refractivity contribution in [2.75, 3.05) is 5.32 Å². The second-order valence-electron chi connectivity index (χ2n) is 6.43. The molecular weight excluding hydrogens is 396 g/mol. The molecule has 146 valence electrons. The van der Waals surface area contributed by atoms with E-state index in [9.17, 15) is 14.9 Å². The Bertz CT molecular complexity index is 1190. The average molecular weight is 411 g/mol. The number of aromatic nitrogens is 3. The van der Waals surface area contributed by atoms with Gasteiger partial charge in [-0.05, 0) is 25.1 Å². The fraction of sp³-hybridized carbons (Fsp3) is 0.105. The topological polar surface area (TPSA) is 129 Å². The fourth-order valence-corrected chi connectivity index (χ4v) is 3.62. The fourth-order valence-electron chi connectivity index (χ4n) is 3.40. The van der Waals surface area contributed by atoms with Crippen molar-refractivity contribution in [2.45, 2.75) is 13.0 Å². The molecule has 0 saturated heterocycles.